The summed E-state index contributed by atoms with van der Waals surface area (Å²) in [4.78, 5) is 26.7. The van der Waals surface area contributed by atoms with E-state index < -0.39 is 0 Å². The first-order valence-corrected chi connectivity index (χ1v) is 5.92. The maximum atomic E-state index is 11.7. The van der Waals surface area contributed by atoms with Crippen LogP contribution in [-0.4, -0.2) is 50.4 Å². The average molecular weight is 247 g/mol. The summed E-state index contributed by atoms with van der Waals surface area (Å²) in [6, 6.07) is 7.15. The molecule has 18 heavy (non-hydrogen) atoms. The molecule has 1 N–H and O–H groups in total. The minimum atomic E-state index is -0.0341. The van der Waals surface area contributed by atoms with Crippen LogP contribution < -0.4 is 10.2 Å². The van der Waals surface area contributed by atoms with Gasteiger partial charge < -0.3 is 15.1 Å². The molecule has 2 amide bonds. The highest BCUT2D eigenvalue weighted by atomic mass is 16.2. The van der Waals surface area contributed by atoms with Crippen molar-refractivity contribution in [3.8, 4) is 0 Å². The van der Waals surface area contributed by atoms with Gasteiger partial charge in [-0.25, -0.2) is 0 Å². The van der Waals surface area contributed by atoms with Gasteiger partial charge in [0.05, 0.1) is 6.54 Å². The van der Waals surface area contributed by atoms with Crippen molar-refractivity contribution in [3.63, 3.8) is 0 Å². The Morgan fingerprint density at radius 2 is 1.94 bits per heavy atom. The minimum Gasteiger partial charge on any atom is -0.345 e. The van der Waals surface area contributed by atoms with Gasteiger partial charge >= 0.3 is 0 Å². The van der Waals surface area contributed by atoms with E-state index in [1.54, 1.807) is 31.1 Å². The van der Waals surface area contributed by atoms with Crippen molar-refractivity contribution < 1.29 is 9.59 Å². The maximum Gasteiger partial charge on any atom is 0.253 e. The number of nitrogens with zero attached hydrogens (tertiary/aromatic N) is 2. The van der Waals surface area contributed by atoms with Gasteiger partial charge in [-0.3, -0.25) is 9.59 Å². The summed E-state index contributed by atoms with van der Waals surface area (Å²) in [6.45, 7) is 1.84. The second kappa shape index (κ2) is 5.18. The zero-order chi connectivity index (χ0) is 13.1. The third-order valence-corrected chi connectivity index (χ3v) is 2.92. The van der Waals surface area contributed by atoms with Crippen molar-refractivity contribution in [2.24, 2.45) is 0 Å². The van der Waals surface area contributed by atoms with Crippen molar-refractivity contribution in [1.82, 2.24) is 10.2 Å². The second-order valence-electron chi connectivity index (χ2n) is 4.47. The number of carbonyl (C=O) groups is 2. The van der Waals surface area contributed by atoms with Gasteiger partial charge in [0, 0.05) is 38.4 Å². The summed E-state index contributed by atoms with van der Waals surface area (Å²) in [5, 5.41) is 3.03. The SMILES string of the molecule is CN(C)C(=O)c1ccc(N2CCNCC2=O)cc1. The summed E-state index contributed by atoms with van der Waals surface area (Å²) in [6.07, 6.45) is 0. The summed E-state index contributed by atoms with van der Waals surface area (Å²) in [5.41, 5.74) is 1.48. The largest absolute Gasteiger partial charge is 0.345 e. The maximum absolute atomic E-state index is 11.7. The molecule has 1 heterocycles. The van der Waals surface area contributed by atoms with Crippen LogP contribution >= 0.6 is 0 Å². The highest BCUT2D eigenvalue weighted by Gasteiger charge is 2.19. The fraction of sp³-hybridized carbons (Fsp3) is 0.385. The number of piperazine rings is 1. The Morgan fingerprint density at radius 3 is 2.50 bits per heavy atom. The number of anilines is 1. The average Bonchev–Trinajstić information content (AvgIpc) is 2.38. The van der Waals surface area contributed by atoms with Gasteiger partial charge in [0.15, 0.2) is 0 Å². The normalized spacial score (nSPS) is 15.7. The van der Waals surface area contributed by atoms with Gasteiger partial charge in [-0.2, -0.15) is 0 Å². The Bertz CT molecular complexity index is 454. The Balaban J connectivity index is 2.16. The Hall–Kier alpha value is -1.88. The van der Waals surface area contributed by atoms with E-state index in [0.717, 1.165) is 12.2 Å². The molecule has 1 aromatic rings. The van der Waals surface area contributed by atoms with Gasteiger partial charge in [0.1, 0.15) is 0 Å². The molecule has 1 aliphatic heterocycles. The summed E-state index contributed by atoms with van der Waals surface area (Å²) < 4.78 is 0. The van der Waals surface area contributed by atoms with Crippen LogP contribution in [0.2, 0.25) is 0 Å². The monoisotopic (exact) mass is 247 g/mol. The Labute approximate surface area is 106 Å². The second-order valence-corrected chi connectivity index (χ2v) is 4.47. The molecule has 0 radical (unpaired) electrons. The number of nitrogens with one attached hydrogen (secondary N) is 1. The van der Waals surface area contributed by atoms with E-state index in [0.29, 0.717) is 18.7 Å². The molecule has 0 unspecified atom stereocenters. The van der Waals surface area contributed by atoms with Crippen LogP contribution in [0.1, 0.15) is 10.4 Å². The molecule has 96 valence electrons. The molecule has 0 saturated carbocycles. The molecule has 2 rings (SSSR count). The van der Waals surface area contributed by atoms with Gasteiger partial charge in [-0.05, 0) is 24.3 Å². The van der Waals surface area contributed by atoms with Crippen LogP contribution in [0.15, 0.2) is 24.3 Å². The number of hydrogen-bond donors (Lipinski definition) is 1. The van der Waals surface area contributed by atoms with E-state index in [1.807, 2.05) is 12.1 Å². The number of hydrogen-bond acceptors (Lipinski definition) is 3. The summed E-state index contributed by atoms with van der Waals surface area (Å²) >= 11 is 0. The van der Waals surface area contributed by atoms with Crippen LogP contribution in [0.25, 0.3) is 0 Å². The molecule has 0 bridgehead atoms. The number of benzene rings is 1. The van der Waals surface area contributed by atoms with Crippen molar-refractivity contribution in [2.75, 3.05) is 38.6 Å². The first kappa shape index (κ1) is 12.6. The Morgan fingerprint density at radius 1 is 1.28 bits per heavy atom. The van der Waals surface area contributed by atoms with Crippen LogP contribution in [0.5, 0.6) is 0 Å². The standard InChI is InChI=1S/C13H17N3O2/c1-15(2)13(18)10-3-5-11(6-4-10)16-8-7-14-9-12(16)17/h3-6,14H,7-9H2,1-2H3. The van der Waals surface area contributed by atoms with Gasteiger partial charge in [-0.1, -0.05) is 0 Å². The van der Waals surface area contributed by atoms with Gasteiger partial charge in [0.2, 0.25) is 5.91 Å². The van der Waals surface area contributed by atoms with Crippen molar-refractivity contribution in [2.45, 2.75) is 0 Å². The third-order valence-electron chi connectivity index (χ3n) is 2.92. The fourth-order valence-corrected chi connectivity index (χ4v) is 1.92. The minimum absolute atomic E-state index is 0.0341. The first-order valence-electron chi connectivity index (χ1n) is 5.92. The molecule has 5 nitrogen and oxygen atoms in total. The molecule has 1 saturated heterocycles. The molecule has 0 aromatic heterocycles. The van der Waals surface area contributed by atoms with Crippen LogP contribution in [-0.2, 0) is 4.79 Å². The van der Waals surface area contributed by atoms with Gasteiger partial charge in [0.25, 0.3) is 5.91 Å². The van der Waals surface area contributed by atoms with Crippen LogP contribution in [0.3, 0.4) is 0 Å². The predicted molar refractivity (Wildman–Crippen MR) is 69.7 cm³/mol. The topological polar surface area (TPSA) is 52.7 Å². The lowest BCUT2D eigenvalue weighted by Gasteiger charge is -2.27. The predicted octanol–water partition coefficient (Wildman–Crippen LogP) is 0.325. The number of amides is 2. The Kier molecular flexibility index (Phi) is 3.62. The molecule has 0 atom stereocenters. The van der Waals surface area contributed by atoms with E-state index in [4.69, 9.17) is 0 Å². The summed E-state index contributed by atoms with van der Waals surface area (Å²) in [7, 11) is 3.44. The highest BCUT2D eigenvalue weighted by molar-refractivity contribution is 5.97. The van der Waals surface area contributed by atoms with Crippen LogP contribution in [0, 0.1) is 0 Å². The van der Waals surface area contributed by atoms with E-state index in [-0.39, 0.29) is 11.8 Å². The smallest absolute Gasteiger partial charge is 0.253 e. The molecular formula is C13H17N3O2. The van der Waals surface area contributed by atoms with Crippen LogP contribution in [0.4, 0.5) is 5.69 Å². The molecule has 1 aromatic carbocycles. The van der Waals surface area contributed by atoms with Crippen molar-refractivity contribution >= 4 is 17.5 Å². The molecule has 0 spiro atoms. The lowest BCUT2D eigenvalue weighted by atomic mass is 10.1. The lowest BCUT2D eigenvalue weighted by Crippen LogP contribution is -2.48. The van der Waals surface area contributed by atoms with Crippen molar-refractivity contribution in [1.29, 1.82) is 0 Å². The lowest BCUT2D eigenvalue weighted by molar-refractivity contribution is -0.118. The molecule has 1 aliphatic rings. The van der Waals surface area contributed by atoms with Gasteiger partial charge in [-0.15, -0.1) is 0 Å². The van der Waals surface area contributed by atoms with E-state index in [1.165, 1.54) is 4.90 Å². The first-order chi connectivity index (χ1) is 8.59. The molecule has 1 fully saturated rings. The molecular weight excluding hydrogens is 230 g/mol. The zero-order valence-electron chi connectivity index (χ0n) is 10.6. The highest BCUT2D eigenvalue weighted by Crippen LogP contribution is 2.17. The molecule has 0 aliphatic carbocycles. The fourth-order valence-electron chi connectivity index (χ4n) is 1.92. The molecule has 5 heteroatoms. The zero-order valence-corrected chi connectivity index (χ0v) is 10.6. The number of rotatable bonds is 2. The number of carbonyl (C=O) groups excluding carboxylic acids is 2. The van der Waals surface area contributed by atoms with E-state index in [9.17, 15) is 9.59 Å². The van der Waals surface area contributed by atoms with E-state index in [2.05, 4.69) is 5.32 Å². The quantitative estimate of drug-likeness (QED) is 0.819. The van der Waals surface area contributed by atoms with Crippen molar-refractivity contribution in [3.05, 3.63) is 29.8 Å². The third kappa shape index (κ3) is 2.51. The summed E-state index contributed by atoms with van der Waals surface area (Å²) in [5.74, 6) is 0.0288. The van der Waals surface area contributed by atoms with E-state index >= 15 is 0 Å².